The highest BCUT2D eigenvalue weighted by atomic mass is 16.1. The molecule has 0 aliphatic heterocycles. The molecule has 1 aromatic carbocycles. The second kappa shape index (κ2) is 5.69. The van der Waals surface area contributed by atoms with Gasteiger partial charge in [-0.3, -0.25) is 4.79 Å². The molecule has 0 radical (unpaired) electrons. The van der Waals surface area contributed by atoms with E-state index in [1.165, 1.54) is 12.8 Å². The molecular formula is C16H20N4O. The van der Waals surface area contributed by atoms with Gasteiger partial charge in [-0.1, -0.05) is 18.2 Å². The number of rotatable bonds is 5. The van der Waals surface area contributed by atoms with Crippen molar-refractivity contribution in [1.29, 1.82) is 0 Å². The molecule has 5 nitrogen and oxygen atoms in total. The molecule has 5 heteroatoms. The summed E-state index contributed by atoms with van der Waals surface area (Å²) in [5.74, 6) is 0.276. The van der Waals surface area contributed by atoms with Crippen LogP contribution in [0, 0.1) is 0 Å². The summed E-state index contributed by atoms with van der Waals surface area (Å²) in [5, 5.41) is 3.80. The molecule has 3 rings (SSSR count). The van der Waals surface area contributed by atoms with Crippen LogP contribution >= 0.6 is 0 Å². The molecule has 2 aromatic rings. The number of anilines is 1. The summed E-state index contributed by atoms with van der Waals surface area (Å²) in [6.45, 7) is 1.51. The van der Waals surface area contributed by atoms with E-state index in [1.807, 2.05) is 24.3 Å². The van der Waals surface area contributed by atoms with Gasteiger partial charge in [0, 0.05) is 24.5 Å². The van der Waals surface area contributed by atoms with Gasteiger partial charge in [-0.2, -0.15) is 0 Å². The third-order valence-electron chi connectivity index (χ3n) is 3.90. The largest absolute Gasteiger partial charge is 0.384 e. The fraction of sp³-hybridized carbons (Fsp3) is 0.375. The van der Waals surface area contributed by atoms with E-state index in [4.69, 9.17) is 5.73 Å². The maximum Gasteiger partial charge on any atom is 0.252 e. The number of nitrogen functional groups attached to an aromatic ring is 1. The molecule has 0 unspecified atom stereocenters. The maximum absolute atomic E-state index is 12.4. The summed E-state index contributed by atoms with van der Waals surface area (Å²) in [6, 6.07) is 9.90. The minimum atomic E-state index is -0.0931. The number of aromatic nitrogens is 1. The molecule has 0 atom stereocenters. The van der Waals surface area contributed by atoms with Crippen molar-refractivity contribution in [2.45, 2.75) is 18.9 Å². The Bertz CT molecular complexity index is 666. The van der Waals surface area contributed by atoms with Crippen molar-refractivity contribution in [2.75, 3.05) is 25.9 Å². The monoisotopic (exact) mass is 284 g/mol. The van der Waals surface area contributed by atoms with Crippen molar-refractivity contribution in [1.82, 2.24) is 15.2 Å². The van der Waals surface area contributed by atoms with Crippen LogP contribution in [0.5, 0.6) is 0 Å². The second-order valence-electron chi connectivity index (χ2n) is 5.58. The Morgan fingerprint density at radius 1 is 1.43 bits per heavy atom. The first kappa shape index (κ1) is 13.8. The van der Waals surface area contributed by atoms with Gasteiger partial charge in [0.15, 0.2) is 0 Å². The van der Waals surface area contributed by atoms with Gasteiger partial charge >= 0.3 is 0 Å². The number of likely N-dealkylation sites (N-methyl/N-ethyl adjacent to an activating group) is 1. The molecule has 1 fully saturated rings. The Labute approximate surface area is 124 Å². The van der Waals surface area contributed by atoms with Gasteiger partial charge in [0.05, 0.1) is 11.1 Å². The third kappa shape index (κ3) is 3.13. The summed E-state index contributed by atoms with van der Waals surface area (Å²) < 4.78 is 0. The topological polar surface area (TPSA) is 71.2 Å². The van der Waals surface area contributed by atoms with Gasteiger partial charge in [0.25, 0.3) is 5.91 Å². The zero-order chi connectivity index (χ0) is 14.8. The Morgan fingerprint density at radius 3 is 2.95 bits per heavy atom. The van der Waals surface area contributed by atoms with Crippen molar-refractivity contribution in [3.05, 3.63) is 35.9 Å². The number of carbonyl (C=O) groups excluding carboxylic acids is 1. The number of pyridine rings is 1. The van der Waals surface area contributed by atoms with Crippen LogP contribution < -0.4 is 11.1 Å². The van der Waals surface area contributed by atoms with E-state index >= 15 is 0 Å². The number of hydrogen-bond acceptors (Lipinski definition) is 4. The minimum absolute atomic E-state index is 0.0931. The number of fused-ring (bicyclic) bond motifs is 1. The highest BCUT2D eigenvalue weighted by molar-refractivity contribution is 6.06. The highest BCUT2D eigenvalue weighted by Crippen LogP contribution is 2.24. The van der Waals surface area contributed by atoms with Crippen LogP contribution in [0.3, 0.4) is 0 Å². The van der Waals surface area contributed by atoms with Crippen molar-refractivity contribution in [3.8, 4) is 0 Å². The molecule has 110 valence electrons. The summed E-state index contributed by atoms with van der Waals surface area (Å²) >= 11 is 0. The van der Waals surface area contributed by atoms with Crippen LogP contribution in [0.15, 0.2) is 30.3 Å². The number of nitrogens with one attached hydrogen (secondary N) is 1. The summed E-state index contributed by atoms with van der Waals surface area (Å²) in [5.41, 5.74) is 7.13. The average molecular weight is 284 g/mol. The van der Waals surface area contributed by atoms with Crippen molar-refractivity contribution in [2.24, 2.45) is 0 Å². The SMILES string of the molecule is CN(CCNC(=O)c1cc(N)nc2ccccc12)C1CC1. The van der Waals surface area contributed by atoms with Gasteiger partial charge in [0.1, 0.15) is 5.82 Å². The van der Waals surface area contributed by atoms with E-state index in [1.54, 1.807) is 6.07 Å². The quantitative estimate of drug-likeness (QED) is 0.875. The fourth-order valence-corrected chi connectivity index (χ4v) is 2.52. The number of para-hydroxylation sites is 1. The molecule has 1 heterocycles. The first-order chi connectivity index (χ1) is 10.1. The van der Waals surface area contributed by atoms with Crippen LogP contribution in [0.2, 0.25) is 0 Å². The van der Waals surface area contributed by atoms with E-state index in [9.17, 15) is 4.79 Å². The summed E-state index contributed by atoms with van der Waals surface area (Å²) in [4.78, 5) is 18.9. The van der Waals surface area contributed by atoms with Gasteiger partial charge in [0.2, 0.25) is 0 Å². The number of nitrogens with zero attached hydrogens (tertiary/aromatic N) is 2. The molecule has 1 aliphatic rings. The van der Waals surface area contributed by atoms with E-state index in [0.717, 1.165) is 17.4 Å². The maximum atomic E-state index is 12.4. The fourth-order valence-electron chi connectivity index (χ4n) is 2.52. The minimum Gasteiger partial charge on any atom is -0.384 e. The van der Waals surface area contributed by atoms with Gasteiger partial charge in [-0.05, 0) is 32.0 Å². The normalized spacial score (nSPS) is 14.6. The molecule has 0 spiro atoms. The van der Waals surface area contributed by atoms with Crippen molar-refractivity contribution < 1.29 is 4.79 Å². The zero-order valence-corrected chi connectivity index (χ0v) is 12.2. The number of carbonyl (C=O) groups is 1. The lowest BCUT2D eigenvalue weighted by molar-refractivity contribution is 0.0951. The third-order valence-corrected chi connectivity index (χ3v) is 3.90. The lowest BCUT2D eigenvalue weighted by atomic mass is 10.1. The molecule has 0 saturated heterocycles. The van der Waals surface area contributed by atoms with Crippen LogP contribution in [0.25, 0.3) is 10.9 Å². The predicted molar refractivity (Wildman–Crippen MR) is 84.1 cm³/mol. The van der Waals surface area contributed by atoms with Crippen molar-refractivity contribution >= 4 is 22.6 Å². The number of benzene rings is 1. The Kier molecular flexibility index (Phi) is 3.75. The molecule has 0 bridgehead atoms. The second-order valence-corrected chi connectivity index (χ2v) is 5.58. The number of hydrogen-bond donors (Lipinski definition) is 2. The molecule has 1 aromatic heterocycles. The summed E-state index contributed by atoms with van der Waals surface area (Å²) in [7, 11) is 2.10. The first-order valence-corrected chi connectivity index (χ1v) is 7.29. The Balaban J connectivity index is 1.71. The van der Waals surface area contributed by atoms with Gasteiger partial charge in [-0.25, -0.2) is 4.98 Å². The first-order valence-electron chi connectivity index (χ1n) is 7.29. The van der Waals surface area contributed by atoms with E-state index < -0.39 is 0 Å². The molecule has 1 saturated carbocycles. The number of nitrogens with two attached hydrogens (primary N) is 1. The Hall–Kier alpha value is -2.14. The average Bonchev–Trinajstić information content (AvgIpc) is 3.30. The highest BCUT2D eigenvalue weighted by Gasteiger charge is 2.25. The van der Waals surface area contributed by atoms with Gasteiger partial charge < -0.3 is 16.0 Å². The molecule has 21 heavy (non-hydrogen) atoms. The molecular weight excluding hydrogens is 264 g/mol. The van der Waals surface area contributed by atoms with Crippen LogP contribution in [-0.2, 0) is 0 Å². The lowest BCUT2D eigenvalue weighted by Gasteiger charge is -2.16. The molecule has 1 aliphatic carbocycles. The van der Waals surface area contributed by atoms with Crippen LogP contribution in [0.1, 0.15) is 23.2 Å². The molecule has 3 N–H and O–H groups in total. The van der Waals surface area contributed by atoms with Gasteiger partial charge in [-0.15, -0.1) is 0 Å². The lowest BCUT2D eigenvalue weighted by Crippen LogP contribution is -2.34. The van der Waals surface area contributed by atoms with E-state index in [0.29, 0.717) is 24.0 Å². The molecule has 1 amide bonds. The zero-order valence-electron chi connectivity index (χ0n) is 12.2. The summed E-state index contributed by atoms with van der Waals surface area (Å²) in [6.07, 6.45) is 2.55. The number of amides is 1. The van der Waals surface area contributed by atoms with Crippen LogP contribution in [0.4, 0.5) is 5.82 Å². The standard InChI is InChI=1S/C16H20N4O/c1-20(11-6-7-11)9-8-18-16(21)13-10-15(17)19-14-5-3-2-4-12(13)14/h2-5,10-11H,6-9H2,1H3,(H2,17,19)(H,18,21). The predicted octanol–water partition coefficient (Wildman–Crippen LogP) is 1.64. The van der Waals surface area contributed by atoms with E-state index in [-0.39, 0.29) is 5.91 Å². The Morgan fingerprint density at radius 2 is 2.19 bits per heavy atom. The van der Waals surface area contributed by atoms with E-state index in [2.05, 4.69) is 22.2 Å². The van der Waals surface area contributed by atoms with Crippen molar-refractivity contribution in [3.63, 3.8) is 0 Å². The smallest absolute Gasteiger partial charge is 0.252 e. The van der Waals surface area contributed by atoms with Crippen LogP contribution in [-0.4, -0.2) is 42.0 Å².